The predicted molar refractivity (Wildman–Crippen MR) is 60.3 cm³/mol. The third-order valence-corrected chi connectivity index (χ3v) is 3.16. The van der Waals surface area contributed by atoms with E-state index in [-0.39, 0.29) is 18.5 Å². The molecule has 0 amide bonds. The van der Waals surface area contributed by atoms with E-state index in [1.165, 1.54) is 0 Å². The number of nitrogens with zero attached hydrogens (tertiary/aromatic N) is 3. The van der Waals surface area contributed by atoms with E-state index in [2.05, 4.69) is 20.8 Å². The van der Waals surface area contributed by atoms with Gasteiger partial charge in [0.2, 0.25) is 0 Å². The van der Waals surface area contributed by atoms with Crippen molar-refractivity contribution in [2.24, 2.45) is 17.5 Å². The number of rotatable bonds is 3. The van der Waals surface area contributed by atoms with Crippen LogP contribution in [0.5, 0.6) is 0 Å². The first-order valence-corrected chi connectivity index (χ1v) is 5.67. The standard InChI is InChI=1S/C9H24N6/c1-4-7-13(10)8(5-2)15(12)9(6-3)14(7)11/h7-9H,4-6,10-12H2,1-3H3. The summed E-state index contributed by atoms with van der Waals surface area (Å²) in [5.41, 5.74) is 0. The monoisotopic (exact) mass is 216 g/mol. The zero-order valence-corrected chi connectivity index (χ0v) is 9.93. The van der Waals surface area contributed by atoms with E-state index < -0.39 is 0 Å². The van der Waals surface area contributed by atoms with Gasteiger partial charge in [-0.1, -0.05) is 20.8 Å². The quantitative estimate of drug-likeness (QED) is 0.563. The van der Waals surface area contributed by atoms with Gasteiger partial charge in [0, 0.05) is 0 Å². The smallest absolute Gasteiger partial charge is 0.0917 e. The molecule has 0 bridgehead atoms. The van der Waals surface area contributed by atoms with Crippen molar-refractivity contribution in [3.63, 3.8) is 0 Å². The fraction of sp³-hybridized carbons (Fsp3) is 1.00. The summed E-state index contributed by atoms with van der Waals surface area (Å²) in [5, 5.41) is 5.27. The van der Waals surface area contributed by atoms with E-state index in [1.54, 1.807) is 15.0 Å². The predicted octanol–water partition coefficient (Wildman–Crippen LogP) is -0.265. The van der Waals surface area contributed by atoms with Crippen molar-refractivity contribution in [2.45, 2.75) is 58.5 Å². The first-order chi connectivity index (χ1) is 7.08. The maximum Gasteiger partial charge on any atom is 0.0917 e. The van der Waals surface area contributed by atoms with Gasteiger partial charge < -0.3 is 0 Å². The maximum atomic E-state index is 6.03. The number of hydrogen-bond acceptors (Lipinski definition) is 6. The van der Waals surface area contributed by atoms with Crippen molar-refractivity contribution in [1.29, 1.82) is 0 Å². The third-order valence-electron chi connectivity index (χ3n) is 3.16. The van der Waals surface area contributed by atoms with E-state index in [1.807, 2.05) is 0 Å². The molecule has 6 N–H and O–H groups in total. The van der Waals surface area contributed by atoms with E-state index in [4.69, 9.17) is 17.5 Å². The van der Waals surface area contributed by atoms with E-state index >= 15 is 0 Å². The second-order valence-corrected chi connectivity index (χ2v) is 4.01. The van der Waals surface area contributed by atoms with Gasteiger partial charge in [0.15, 0.2) is 0 Å². The van der Waals surface area contributed by atoms with Crippen LogP contribution in [0.1, 0.15) is 40.0 Å². The minimum Gasteiger partial charge on any atom is -0.266 e. The fourth-order valence-corrected chi connectivity index (χ4v) is 2.32. The Morgan fingerprint density at radius 1 is 0.667 bits per heavy atom. The summed E-state index contributed by atoms with van der Waals surface area (Å²) in [6.07, 6.45) is 2.90. The Labute approximate surface area is 91.9 Å². The van der Waals surface area contributed by atoms with Gasteiger partial charge in [-0.2, -0.15) is 0 Å². The lowest BCUT2D eigenvalue weighted by Gasteiger charge is -2.52. The Hall–Kier alpha value is -0.240. The molecule has 0 aliphatic carbocycles. The van der Waals surface area contributed by atoms with Crippen molar-refractivity contribution in [2.75, 3.05) is 0 Å². The molecule has 15 heavy (non-hydrogen) atoms. The highest BCUT2D eigenvalue weighted by molar-refractivity contribution is 4.82. The van der Waals surface area contributed by atoms with Crippen LogP contribution in [0.25, 0.3) is 0 Å². The van der Waals surface area contributed by atoms with Crippen LogP contribution in [0.4, 0.5) is 0 Å². The lowest BCUT2D eigenvalue weighted by Crippen LogP contribution is -2.75. The van der Waals surface area contributed by atoms with Crippen LogP contribution in [0.2, 0.25) is 0 Å². The van der Waals surface area contributed by atoms with E-state index in [9.17, 15) is 0 Å². The minimum atomic E-state index is 0.0692. The molecule has 0 aromatic carbocycles. The molecule has 1 aliphatic heterocycles. The summed E-state index contributed by atoms with van der Waals surface area (Å²) >= 11 is 0. The molecular weight excluding hydrogens is 192 g/mol. The summed E-state index contributed by atoms with van der Waals surface area (Å²) < 4.78 is 0. The van der Waals surface area contributed by atoms with Gasteiger partial charge in [-0.25, -0.2) is 15.0 Å². The molecule has 0 atom stereocenters. The van der Waals surface area contributed by atoms with Gasteiger partial charge >= 0.3 is 0 Å². The average Bonchev–Trinajstić information content (AvgIpc) is 2.19. The zero-order chi connectivity index (χ0) is 11.6. The molecule has 6 heteroatoms. The third kappa shape index (κ3) is 2.15. The van der Waals surface area contributed by atoms with Crippen molar-refractivity contribution in [3.8, 4) is 0 Å². The molecule has 0 spiro atoms. The highest BCUT2D eigenvalue weighted by atomic mass is 15.8. The summed E-state index contributed by atoms with van der Waals surface area (Å²) in [6.45, 7) is 6.24. The first kappa shape index (κ1) is 12.8. The zero-order valence-electron chi connectivity index (χ0n) is 9.93. The Balaban J connectivity index is 2.87. The van der Waals surface area contributed by atoms with E-state index in [0.29, 0.717) is 0 Å². The highest BCUT2D eigenvalue weighted by Crippen LogP contribution is 2.23. The molecule has 1 fully saturated rings. The van der Waals surface area contributed by atoms with Crippen LogP contribution >= 0.6 is 0 Å². The normalized spacial score (nSPS) is 36.0. The van der Waals surface area contributed by atoms with Crippen molar-refractivity contribution >= 4 is 0 Å². The lowest BCUT2D eigenvalue weighted by molar-refractivity contribution is -0.181. The molecule has 0 aromatic rings. The average molecular weight is 216 g/mol. The van der Waals surface area contributed by atoms with Crippen LogP contribution in [-0.4, -0.2) is 33.5 Å². The van der Waals surface area contributed by atoms with E-state index in [0.717, 1.165) is 19.3 Å². The van der Waals surface area contributed by atoms with Gasteiger partial charge in [0.05, 0.1) is 18.5 Å². The van der Waals surface area contributed by atoms with Crippen LogP contribution in [0.15, 0.2) is 0 Å². The molecule has 0 saturated carbocycles. The number of nitrogens with two attached hydrogens (primary N) is 3. The molecule has 1 saturated heterocycles. The SMILES string of the molecule is CCC1N(N)C(CC)N(N)C(CC)N1N. The molecule has 1 aliphatic rings. The Kier molecular flexibility index (Phi) is 4.45. The number of hydrazine groups is 3. The molecule has 1 heterocycles. The maximum absolute atomic E-state index is 6.03. The van der Waals surface area contributed by atoms with Gasteiger partial charge in [0.25, 0.3) is 0 Å². The minimum absolute atomic E-state index is 0.0692. The molecule has 0 radical (unpaired) electrons. The van der Waals surface area contributed by atoms with Gasteiger partial charge in [-0.05, 0) is 19.3 Å². The molecule has 0 unspecified atom stereocenters. The van der Waals surface area contributed by atoms with Crippen LogP contribution < -0.4 is 17.5 Å². The highest BCUT2D eigenvalue weighted by Gasteiger charge is 2.40. The number of hydrogen-bond donors (Lipinski definition) is 3. The van der Waals surface area contributed by atoms with Crippen molar-refractivity contribution < 1.29 is 0 Å². The second kappa shape index (κ2) is 5.20. The Bertz CT molecular complexity index is 154. The summed E-state index contributed by atoms with van der Waals surface area (Å²) in [5.74, 6) is 18.1. The Morgan fingerprint density at radius 3 is 1.00 bits per heavy atom. The summed E-state index contributed by atoms with van der Waals surface area (Å²) in [6, 6.07) is 0. The molecular formula is C9H24N6. The lowest BCUT2D eigenvalue weighted by atomic mass is 10.1. The van der Waals surface area contributed by atoms with Crippen LogP contribution in [0, 0.1) is 0 Å². The van der Waals surface area contributed by atoms with Crippen molar-refractivity contribution in [1.82, 2.24) is 15.0 Å². The largest absolute Gasteiger partial charge is 0.266 e. The molecule has 0 aromatic heterocycles. The van der Waals surface area contributed by atoms with Gasteiger partial charge in [-0.15, -0.1) is 0 Å². The van der Waals surface area contributed by atoms with Crippen molar-refractivity contribution in [3.05, 3.63) is 0 Å². The molecule has 90 valence electrons. The summed E-state index contributed by atoms with van der Waals surface area (Å²) in [7, 11) is 0. The molecule has 6 nitrogen and oxygen atoms in total. The van der Waals surface area contributed by atoms with Gasteiger partial charge in [-0.3, -0.25) is 17.5 Å². The second-order valence-electron chi connectivity index (χ2n) is 4.01. The first-order valence-electron chi connectivity index (χ1n) is 5.67. The van der Waals surface area contributed by atoms with Gasteiger partial charge in [0.1, 0.15) is 0 Å². The Morgan fingerprint density at radius 2 is 0.867 bits per heavy atom. The topological polar surface area (TPSA) is 87.8 Å². The molecule has 1 rings (SSSR count). The fourth-order valence-electron chi connectivity index (χ4n) is 2.32. The van der Waals surface area contributed by atoms with Crippen LogP contribution in [-0.2, 0) is 0 Å². The summed E-state index contributed by atoms with van der Waals surface area (Å²) in [4.78, 5) is 0. The van der Waals surface area contributed by atoms with Crippen LogP contribution in [0.3, 0.4) is 0 Å².